The monoisotopic (exact) mass is 399 g/mol. The quantitative estimate of drug-likeness (QED) is 0.535. The number of hydrogen-bond donors (Lipinski definition) is 2. The second-order valence-corrected chi connectivity index (χ2v) is 7.77. The molecule has 1 atom stereocenters. The number of hydrogen-bond acceptors (Lipinski definition) is 7. The lowest BCUT2D eigenvalue weighted by Crippen LogP contribution is -2.44. The van der Waals surface area contributed by atoms with E-state index in [0.717, 1.165) is 16.7 Å². The summed E-state index contributed by atoms with van der Waals surface area (Å²) in [5.41, 5.74) is 0.399. The van der Waals surface area contributed by atoms with Crippen LogP contribution in [-0.2, 0) is 9.59 Å². The van der Waals surface area contributed by atoms with E-state index in [4.69, 9.17) is 17.0 Å². The molecule has 134 valence electrons. The minimum absolute atomic E-state index is 0.0109. The fraction of sp³-hybridized carbons (Fsp3) is 0.312. The number of aliphatic carboxylic acids is 1. The molecule has 9 heteroatoms. The summed E-state index contributed by atoms with van der Waals surface area (Å²) in [6.07, 6.45) is 3.67. The van der Waals surface area contributed by atoms with Crippen molar-refractivity contribution in [1.29, 1.82) is 0 Å². The largest absolute Gasteiger partial charge is 0.507 e. The molecule has 1 aromatic rings. The van der Waals surface area contributed by atoms with Gasteiger partial charge in [0.05, 0.1) is 12.0 Å². The van der Waals surface area contributed by atoms with Crippen LogP contribution in [-0.4, -0.2) is 56.5 Å². The summed E-state index contributed by atoms with van der Waals surface area (Å²) < 4.78 is 5.31. The average Bonchev–Trinajstić information content (AvgIpc) is 2.84. The maximum absolute atomic E-state index is 12.7. The van der Waals surface area contributed by atoms with Crippen LogP contribution in [0.3, 0.4) is 0 Å². The molecule has 1 heterocycles. The van der Waals surface area contributed by atoms with Gasteiger partial charge in [-0.05, 0) is 42.7 Å². The third-order valence-electron chi connectivity index (χ3n) is 3.54. The number of carboxylic acids is 1. The van der Waals surface area contributed by atoms with Gasteiger partial charge in [-0.2, -0.15) is 11.8 Å². The van der Waals surface area contributed by atoms with Gasteiger partial charge in [-0.3, -0.25) is 9.69 Å². The topological polar surface area (TPSA) is 87.1 Å². The molecule has 6 nitrogen and oxygen atoms in total. The van der Waals surface area contributed by atoms with Crippen LogP contribution in [0.1, 0.15) is 12.0 Å². The standard InChI is InChI=1S/C16H17NO5S3/c1-22-10-3-4-12(18)9(7-10)8-13-14(19)17(16(23)25-13)11(15(20)21)5-6-24-2/h3-4,7-8,11,18H,5-6H2,1-2H3,(H,20,21)/b13-8-/t11-/m1/s1. The van der Waals surface area contributed by atoms with E-state index < -0.39 is 17.9 Å². The number of ether oxygens (including phenoxy) is 1. The van der Waals surface area contributed by atoms with E-state index in [1.165, 1.54) is 31.0 Å². The molecule has 2 N–H and O–H groups in total. The van der Waals surface area contributed by atoms with Crippen LogP contribution in [0.4, 0.5) is 0 Å². The summed E-state index contributed by atoms with van der Waals surface area (Å²) in [7, 11) is 1.50. The third-order valence-corrected chi connectivity index (χ3v) is 5.51. The van der Waals surface area contributed by atoms with E-state index in [0.29, 0.717) is 23.5 Å². The minimum Gasteiger partial charge on any atom is -0.507 e. The summed E-state index contributed by atoms with van der Waals surface area (Å²) in [6, 6.07) is 3.65. The summed E-state index contributed by atoms with van der Waals surface area (Å²) in [5, 5.41) is 19.4. The number of thiocarbonyl (C=S) groups is 1. The maximum atomic E-state index is 12.7. The van der Waals surface area contributed by atoms with Gasteiger partial charge in [0.25, 0.3) is 5.91 Å². The Kier molecular flexibility index (Phi) is 6.74. The maximum Gasteiger partial charge on any atom is 0.326 e. The van der Waals surface area contributed by atoms with Gasteiger partial charge in [-0.1, -0.05) is 24.0 Å². The van der Waals surface area contributed by atoms with Crippen molar-refractivity contribution in [3.05, 3.63) is 28.7 Å². The number of aromatic hydroxyl groups is 1. The molecule has 1 amide bonds. The molecule has 0 aromatic heterocycles. The van der Waals surface area contributed by atoms with Crippen molar-refractivity contribution in [3.8, 4) is 11.5 Å². The molecule has 0 unspecified atom stereocenters. The van der Waals surface area contributed by atoms with Crippen LogP contribution in [0.2, 0.25) is 0 Å². The Morgan fingerprint density at radius 2 is 2.24 bits per heavy atom. The first kappa shape index (κ1) is 19.6. The first-order chi connectivity index (χ1) is 11.9. The molecule has 1 aliphatic rings. The smallest absolute Gasteiger partial charge is 0.326 e. The van der Waals surface area contributed by atoms with Gasteiger partial charge in [0, 0.05) is 5.56 Å². The third kappa shape index (κ3) is 4.47. The number of phenolic OH excluding ortho intramolecular Hbond substituents is 1. The van der Waals surface area contributed by atoms with Crippen LogP contribution >= 0.6 is 35.7 Å². The Morgan fingerprint density at radius 3 is 2.84 bits per heavy atom. The number of carbonyl (C=O) groups is 2. The van der Waals surface area contributed by atoms with E-state index in [1.54, 1.807) is 12.1 Å². The van der Waals surface area contributed by atoms with Crippen LogP contribution in [0.5, 0.6) is 11.5 Å². The predicted molar refractivity (Wildman–Crippen MR) is 104 cm³/mol. The summed E-state index contributed by atoms with van der Waals surface area (Å²) in [4.78, 5) is 25.6. The van der Waals surface area contributed by atoms with Crippen molar-refractivity contribution in [3.63, 3.8) is 0 Å². The molecule has 1 aliphatic heterocycles. The fourth-order valence-corrected chi connectivity index (χ4v) is 4.06. The van der Waals surface area contributed by atoms with Crippen molar-refractivity contribution >= 4 is 58.0 Å². The highest BCUT2D eigenvalue weighted by atomic mass is 32.2. The number of phenols is 1. The molecule has 1 saturated heterocycles. The molecule has 2 rings (SSSR count). The number of benzene rings is 1. The molecular formula is C16H17NO5S3. The average molecular weight is 400 g/mol. The van der Waals surface area contributed by atoms with Gasteiger partial charge >= 0.3 is 5.97 Å². The van der Waals surface area contributed by atoms with E-state index in [-0.39, 0.29) is 15.0 Å². The Balaban J connectivity index is 2.32. The number of amides is 1. The Hall–Kier alpha value is -1.71. The molecule has 1 aromatic carbocycles. The SMILES string of the molecule is COc1ccc(O)c(/C=C2\SC(=S)N([C@H](CCSC)C(=O)O)C2=O)c1. The van der Waals surface area contributed by atoms with Crippen LogP contribution in [0.25, 0.3) is 6.08 Å². The van der Waals surface area contributed by atoms with Gasteiger partial charge in [0.1, 0.15) is 21.9 Å². The summed E-state index contributed by atoms with van der Waals surface area (Å²) in [5.74, 6) is -0.434. The lowest BCUT2D eigenvalue weighted by molar-refractivity contribution is -0.145. The number of carboxylic acid groups (broad SMARTS) is 1. The van der Waals surface area contributed by atoms with Gasteiger partial charge in [-0.15, -0.1) is 0 Å². The van der Waals surface area contributed by atoms with Crippen LogP contribution in [0, 0.1) is 0 Å². The zero-order valence-electron chi connectivity index (χ0n) is 13.6. The molecule has 0 spiro atoms. The Bertz CT molecular complexity index is 734. The van der Waals surface area contributed by atoms with Gasteiger partial charge in [-0.25, -0.2) is 4.79 Å². The first-order valence-corrected chi connectivity index (χ1v) is 9.86. The van der Waals surface area contributed by atoms with E-state index in [2.05, 4.69) is 0 Å². The Labute approximate surface area is 159 Å². The predicted octanol–water partition coefficient (Wildman–Crippen LogP) is 2.81. The summed E-state index contributed by atoms with van der Waals surface area (Å²) >= 11 is 7.74. The van der Waals surface area contributed by atoms with Gasteiger partial charge < -0.3 is 14.9 Å². The van der Waals surface area contributed by atoms with E-state index >= 15 is 0 Å². The molecule has 1 fully saturated rings. The zero-order valence-corrected chi connectivity index (χ0v) is 16.0. The molecular weight excluding hydrogens is 382 g/mol. The molecule has 0 saturated carbocycles. The van der Waals surface area contributed by atoms with Crippen molar-refractivity contribution in [2.45, 2.75) is 12.5 Å². The Morgan fingerprint density at radius 1 is 1.52 bits per heavy atom. The zero-order chi connectivity index (χ0) is 18.6. The highest BCUT2D eigenvalue weighted by Crippen LogP contribution is 2.36. The van der Waals surface area contributed by atoms with Crippen LogP contribution in [0.15, 0.2) is 23.1 Å². The minimum atomic E-state index is -1.09. The first-order valence-electron chi connectivity index (χ1n) is 7.24. The van der Waals surface area contributed by atoms with Gasteiger partial charge in [0.15, 0.2) is 0 Å². The van der Waals surface area contributed by atoms with Crippen molar-refractivity contribution in [2.24, 2.45) is 0 Å². The highest BCUT2D eigenvalue weighted by molar-refractivity contribution is 8.26. The molecule has 0 bridgehead atoms. The lowest BCUT2D eigenvalue weighted by Gasteiger charge is -2.22. The highest BCUT2D eigenvalue weighted by Gasteiger charge is 2.40. The van der Waals surface area contributed by atoms with E-state index in [1.807, 2.05) is 6.26 Å². The van der Waals surface area contributed by atoms with E-state index in [9.17, 15) is 19.8 Å². The second-order valence-electron chi connectivity index (χ2n) is 5.11. The number of nitrogens with zero attached hydrogens (tertiary/aromatic N) is 1. The number of rotatable bonds is 7. The van der Waals surface area contributed by atoms with Crippen molar-refractivity contribution < 1.29 is 24.5 Å². The van der Waals surface area contributed by atoms with Crippen molar-refractivity contribution in [1.82, 2.24) is 4.90 Å². The van der Waals surface area contributed by atoms with Crippen LogP contribution < -0.4 is 4.74 Å². The lowest BCUT2D eigenvalue weighted by atomic mass is 10.1. The number of thioether (sulfide) groups is 2. The van der Waals surface area contributed by atoms with Crippen molar-refractivity contribution in [2.75, 3.05) is 19.1 Å². The second kappa shape index (κ2) is 8.59. The molecule has 25 heavy (non-hydrogen) atoms. The molecule has 0 aliphatic carbocycles. The fourth-order valence-electron chi connectivity index (χ4n) is 2.26. The normalized spacial score (nSPS) is 17.2. The van der Waals surface area contributed by atoms with Gasteiger partial charge in [0.2, 0.25) is 0 Å². The number of carbonyl (C=O) groups excluding carboxylic acids is 1. The summed E-state index contributed by atoms with van der Waals surface area (Å²) in [6.45, 7) is 0. The number of methoxy groups -OCH3 is 1. The molecule has 0 radical (unpaired) electrons.